The van der Waals surface area contributed by atoms with Crippen molar-refractivity contribution in [2.45, 2.75) is 42.2 Å². The fourth-order valence-electron chi connectivity index (χ4n) is 4.34. The summed E-state index contributed by atoms with van der Waals surface area (Å²) in [6, 6.07) is 18.6. The molecule has 3 aromatic rings. The van der Waals surface area contributed by atoms with Gasteiger partial charge in [0.2, 0.25) is 5.91 Å². The Morgan fingerprint density at radius 3 is 2.23 bits per heavy atom. The van der Waals surface area contributed by atoms with Gasteiger partial charge in [-0.1, -0.05) is 60.7 Å². The van der Waals surface area contributed by atoms with E-state index in [1.807, 2.05) is 67.6 Å². The number of nitrogens with zero attached hydrogens (tertiary/aromatic N) is 4. The second-order valence-electron chi connectivity index (χ2n) is 7.99. The van der Waals surface area contributed by atoms with Crippen LogP contribution in [0.3, 0.4) is 0 Å². The van der Waals surface area contributed by atoms with Gasteiger partial charge in [-0.05, 0) is 18.1 Å². The first-order valence-corrected chi connectivity index (χ1v) is 11.1. The van der Waals surface area contributed by atoms with E-state index in [1.54, 1.807) is 33.9 Å². The average Bonchev–Trinajstić information content (AvgIpc) is 3.36. The third-order valence-corrected chi connectivity index (χ3v) is 7.35. The van der Waals surface area contributed by atoms with Crippen molar-refractivity contribution in [2.24, 2.45) is 0 Å². The molecule has 2 aliphatic heterocycles. The van der Waals surface area contributed by atoms with Gasteiger partial charge >= 0.3 is 5.97 Å². The van der Waals surface area contributed by atoms with E-state index in [9.17, 15) is 9.59 Å². The molecule has 0 aliphatic carbocycles. The molecule has 3 atom stereocenters. The van der Waals surface area contributed by atoms with E-state index < -0.39 is 22.9 Å². The van der Waals surface area contributed by atoms with Crippen LogP contribution in [0, 0.1) is 0 Å². The van der Waals surface area contributed by atoms with Gasteiger partial charge in [-0.2, -0.15) is 15.0 Å². The van der Waals surface area contributed by atoms with Crippen LogP contribution in [-0.4, -0.2) is 47.9 Å². The molecule has 31 heavy (non-hydrogen) atoms. The van der Waals surface area contributed by atoms with Crippen LogP contribution in [0.4, 0.5) is 0 Å². The first kappa shape index (κ1) is 19.8. The molecule has 2 aromatic carbocycles. The number of ether oxygens (including phenoxy) is 1. The summed E-state index contributed by atoms with van der Waals surface area (Å²) in [5.74, 6) is -0.428. The van der Waals surface area contributed by atoms with Gasteiger partial charge in [-0.15, -0.1) is 11.8 Å². The Balaban J connectivity index is 1.46. The molecule has 2 fully saturated rings. The molecule has 8 heteroatoms. The summed E-state index contributed by atoms with van der Waals surface area (Å²) in [5.41, 5.74) is 1.77. The Morgan fingerprint density at radius 2 is 1.68 bits per heavy atom. The van der Waals surface area contributed by atoms with Gasteiger partial charge in [0.05, 0.1) is 35.5 Å². The van der Waals surface area contributed by atoms with Gasteiger partial charge in [0.15, 0.2) is 6.10 Å². The Labute approximate surface area is 184 Å². The van der Waals surface area contributed by atoms with Crippen LogP contribution < -0.4 is 0 Å². The second kappa shape index (κ2) is 7.85. The number of thioether (sulfide) groups is 1. The molecule has 7 nitrogen and oxygen atoms in total. The van der Waals surface area contributed by atoms with E-state index in [1.165, 1.54) is 0 Å². The Bertz CT molecular complexity index is 1040. The molecular weight excluding hydrogens is 412 g/mol. The predicted molar refractivity (Wildman–Crippen MR) is 116 cm³/mol. The van der Waals surface area contributed by atoms with Crippen LogP contribution >= 0.6 is 11.8 Å². The highest BCUT2D eigenvalue weighted by Gasteiger charge is 2.61. The summed E-state index contributed by atoms with van der Waals surface area (Å²) in [5, 5.41) is 8.39. The van der Waals surface area contributed by atoms with E-state index in [0.29, 0.717) is 13.0 Å². The van der Waals surface area contributed by atoms with Crippen LogP contribution in [-0.2, 0) is 20.9 Å². The van der Waals surface area contributed by atoms with Gasteiger partial charge < -0.3 is 9.64 Å². The van der Waals surface area contributed by atoms with Gasteiger partial charge in [0, 0.05) is 0 Å². The van der Waals surface area contributed by atoms with E-state index >= 15 is 0 Å². The fourth-order valence-corrected chi connectivity index (χ4v) is 6.07. The summed E-state index contributed by atoms with van der Waals surface area (Å²) in [7, 11) is 0. The number of amides is 1. The van der Waals surface area contributed by atoms with Crippen molar-refractivity contribution in [3.63, 3.8) is 0 Å². The van der Waals surface area contributed by atoms with E-state index in [0.717, 1.165) is 11.1 Å². The first-order chi connectivity index (χ1) is 15.0. The van der Waals surface area contributed by atoms with Crippen LogP contribution in [0.1, 0.15) is 30.6 Å². The number of hydrogen-bond donors (Lipinski definition) is 0. The number of carbonyl (C=O) groups excluding carboxylic acids is 2. The smallest absolute Gasteiger partial charge is 0.331 e. The van der Waals surface area contributed by atoms with Crippen LogP contribution in [0.15, 0.2) is 73.1 Å². The number of fused-ring (bicyclic) bond motifs is 1. The van der Waals surface area contributed by atoms with E-state index in [2.05, 4.69) is 10.2 Å². The maximum absolute atomic E-state index is 13.6. The van der Waals surface area contributed by atoms with Crippen LogP contribution in [0.2, 0.25) is 0 Å². The van der Waals surface area contributed by atoms with Crippen molar-refractivity contribution >= 4 is 23.6 Å². The maximum Gasteiger partial charge on any atom is 0.331 e. The van der Waals surface area contributed by atoms with Gasteiger partial charge in [-0.25, -0.2) is 4.79 Å². The summed E-state index contributed by atoms with van der Waals surface area (Å²) < 4.78 is 5.53. The molecule has 3 heterocycles. The fraction of sp³-hybridized carbons (Fsp3) is 0.304. The molecule has 0 saturated carbocycles. The van der Waals surface area contributed by atoms with Crippen molar-refractivity contribution in [2.75, 3.05) is 0 Å². The lowest BCUT2D eigenvalue weighted by atomic mass is 9.95. The zero-order chi connectivity index (χ0) is 21.4. The van der Waals surface area contributed by atoms with E-state index in [-0.39, 0.29) is 11.3 Å². The quantitative estimate of drug-likeness (QED) is 0.438. The molecule has 0 spiro atoms. The minimum atomic E-state index is -0.704. The number of aromatic nitrogens is 3. The molecular formula is C23H22N4O3S. The number of carbonyl (C=O) groups is 2. The molecule has 158 valence electrons. The summed E-state index contributed by atoms with van der Waals surface area (Å²) in [4.78, 5) is 29.2. The molecule has 2 saturated heterocycles. The lowest BCUT2D eigenvalue weighted by Gasteiger charge is -2.38. The maximum atomic E-state index is 13.6. The molecule has 5 rings (SSSR count). The van der Waals surface area contributed by atoms with Crippen molar-refractivity contribution in [3.05, 3.63) is 84.2 Å². The second-order valence-corrected chi connectivity index (χ2v) is 9.70. The van der Waals surface area contributed by atoms with Gasteiger partial charge in [0.25, 0.3) is 0 Å². The van der Waals surface area contributed by atoms with Crippen molar-refractivity contribution in [1.29, 1.82) is 0 Å². The summed E-state index contributed by atoms with van der Waals surface area (Å²) >= 11 is 1.62. The van der Waals surface area contributed by atoms with Crippen molar-refractivity contribution in [1.82, 2.24) is 19.9 Å². The summed E-state index contributed by atoms with van der Waals surface area (Å²) in [6.07, 6.45) is 3.11. The third kappa shape index (κ3) is 3.61. The average molecular weight is 435 g/mol. The zero-order valence-corrected chi connectivity index (χ0v) is 17.8. The standard InChI is InChI=1S/C23H22N4O3S/c1-23(15-26-24-12-13-25-26)21(27-18(28)14-19(27)31-23)22(29)30-20(16-8-4-2-5-9-16)17-10-6-3-7-11-17/h2-13,19-21H,14-15H2,1H3/t19-,21?,23?/m1/s1. The van der Waals surface area contributed by atoms with E-state index in [4.69, 9.17) is 4.74 Å². The summed E-state index contributed by atoms with van der Waals surface area (Å²) in [6.45, 7) is 2.39. The predicted octanol–water partition coefficient (Wildman–Crippen LogP) is 3.04. The zero-order valence-electron chi connectivity index (χ0n) is 17.0. The SMILES string of the molecule is CC1(Cn2nccn2)S[C@@H]2CC(=O)N2C1C(=O)OC(c1ccccc1)c1ccccc1. The van der Waals surface area contributed by atoms with Crippen LogP contribution in [0.5, 0.6) is 0 Å². The molecule has 2 aliphatic rings. The lowest BCUT2D eigenvalue weighted by molar-refractivity contribution is -0.164. The Hall–Kier alpha value is -3.13. The van der Waals surface area contributed by atoms with Crippen LogP contribution in [0.25, 0.3) is 0 Å². The Morgan fingerprint density at radius 1 is 1.10 bits per heavy atom. The normalized spacial score (nSPS) is 24.7. The molecule has 0 radical (unpaired) electrons. The topological polar surface area (TPSA) is 77.3 Å². The van der Waals surface area contributed by atoms with Gasteiger partial charge in [-0.3, -0.25) is 4.79 Å². The van der Waals surface area contributed by atoms with Gasteiger partial charge in [0.1, 0.15) is 6.04 Å². The highest BCUT2D eigenvalue weighted by Crippen LogP contribution is 2.52. The third-order valence-electron chi connectivity index (χ3n) is 5.79. The first-order valence-electron chi connectivity index (χ1n) is 10.2. The highest BCUT2D eigenvalue weighted by molar-refractivity contribution is 8.01. The number of β-lactam (4-membered cyclic amide) rings is 1. The minimum Gasteiger partial charge on any atom is -0.451 e. The van der Waals surface area contributed by atoms with Crippen molar-refractivity contribution in [3.8, 4) is 0 Å². The minimum absolute atomic E-state index is 0.0162. The number of benzene rings is 2. The number of rotatable bonds is 6. The molecule has 2 unspecified atom stereocenters. The number of esters is 1. The molecule has 1 aromatic heterocycles. The Kier molecular flexibility index (Phi) is 5.02. The van der Waals surface area contributed by atoms with Crippen molar-refractivity contribution < 1.29 is 14.3 Å². The largest absolute Gasteiger partial charge is 0.451 e. The number of hydrogen-bond acceptors (Lipinski definition) is 6. The lowest BCUT2D eigenvalue weighted by Crippen LogP contribution is -2.58. The molecule has 0 bridgehead atoms. The molecule has 0 N–H and O–H groups in total. The monoisotopic (exact) mass is 434 g/mol. The molecule has 1 amide bonds. The highest BCUT2D eigenvalue weighted by atomic mass is 32.2.